The summed E-state index contributed by atoms with van der Waals surface area (Å²) in [5.41, 5.74) is 9.63. The van der Waals surface area contributed by atoms with Crippen LogP contribution < -0.4 is 11.1 Å². The Morgan fingerprint density at radius 2 is 2.00 bits per heavy atom. The Hall–Kier alpha value is -3.49. The second-order valence-electron chi connectivity index (χ2n) is 6.71. The molecular weight excluding hydrogens is 381 g/mol. The fourth-order valence-corrected chi connectivity index (χ4v) is 3.43. The van der Waals surface area contributed by atoms with Crippen molar-refractivity contribution in [1.82, 2.24) is 15.0 Å². The van der Waals surface area contributed by atoms with E-state index in [4.69, 9.17) is 11.1 Å². The standard InChI is InChI=1S/C20H17F3N6/c21-20(22,23)13-3-1-2-11(6-13)8-27-19-28-10-15-16(29-19)5-4-12-9-26-18(25)14(7-24)17(12)15/h1-3,6-7,9-10,24H,4-5,8H2,(H2,25,26)(H,27,28,29). The second-order valence-corrected chi connectivity index (χ2v) is 6.71. The molecule has 0 fully saturated rings. The molecule has 148 valence electrons. The van der Waals surface area contributed by atoms with Crippen LogP contribution in [0.3, 0.4) is 0 Å². The summed E-state index contributed by atoms with van der Waals surface area (Å²) in [5.74, 6) is 0.612. The molecule has 0 bridgehead atoms. The van der Waals surface area contributed by atoms with Gasteiger partial charge in [0.05, 0.1) is 11.3 Å². The maximum Gasteiger partial charge on any atom is 0.416 e. The minimum Gasteiger partial charge on any atom is -0.383 e. The van der Waals surface area contributed by atoms with Crippen molar-refractivity contribution in [2.45, 2.75) is 25.6 Å². The number of fused-ring (bicyclic) bond motifs is 3. The van der Waals surface area contributed by atoms with Gasteiger partial charge in [-0.25, -0.2) is 15.0 Å². The predicted octanol–water partition coefficient (Wildman–Crippen LogP) is 3.85. The lowest BCUT2D eigenvalue weighted by molar-refractivity contribution is -0.137. The third-order valence-electron chi connectivity index (χ3n) is 4.84. The molecule has 0 amide bonds. The van der Waals surface area contributed by atoms with E-state index in [1.54, 1.807) is 18.5 Å². The molecule has 0 spiro atoms. The van der Waals surface area contributed by atoms with Crippen LogP contribution in [0.5, 0.6) is 0 Å². The number of pyridine rings is 1. The number of halogens is 3. The highest BCUT2D eigenvalue weighted by atomic mass is 19.4. The molecule has 0 saturated carbocycles. The number of anilines is 2. The van der Waals surface area contributed by atoms with Crippen LogP contribution in [0, 0.1) is 5.41 Å². The topological polar surface area (TPSA) is 101 Å². The van der Waals surface area contributed by atoms with Crippen LogP contribution in [0.25, 0.3) is 11.1 Å². The molecule has 0 aliphatic heterocycles. The van der Waals surface area contributed by atoms with Crippen LogP contribution in [0.2, 0.25) is 0 Å². The van der Waals surface area contributed by atoms with E-state index in [0.717, 1.165) is 34.5 Å². The summed E-state index contributed by atoms with van der Waals surface area (Å²) in [6.07, 6.45) is 1.54. The molecule has 29 heavy (non-hydrogen) atoms. The number of nitrogens with zero attached hydrogens (tertiary/aromatic N) is 3. The third kappa shape index (κ3) is 3.63. The number of hydrogen-bond acceptors (Lipinski definition) is 6. The lowest BCUT2D eigenvalue weighted by Crippen LogP contribution is -2.14. The minimum absolute atomic E-state index is 0.169. The quantitative estimate of drug-likeness (QED) is 0.580. The molecule has 0 saturated heterocycles. The van der Waals surface area contributed by atoms with Crippen molar-refractivity contribution in [1.29, 1.82) is 5.41 Å². The van der Waals surface area contributed by atoms with Gasteiger partial charge in [-0.1, -0.05) is 12.1 Å². The first-order chi connectivity index (χ1) is 13.9. The molecule has 4 rings (SSSR count). The Kier molecular flexibility index (Phi) is 4.65. The number of aromatic nitrogens is 3. The normalized spacial score (nSPS) is 12.8. The Balaban J connectivity index is 1.59. The van der Waals surface area contributed by atoms with Crippen molar-refractivity contribution in [3.8, 4) is 11.1 Å². The van der Waals surface area contributed by atoms with Crippen molar-refractivity contribution in [3.05, 3.63) is 64.6 Å². The summed E-state index contributed by atoms with van der Waals surface area (Å²) in [5, 5.41) is 10.6. The number of nitrogen functional groups attached to an aromatic ring is 1. The van der Waals surface area contributed by atoms with Crippen molar-refractivity contribution in [3.63, 3.8) is 0 Å². The Morgan fingerprint density at radius 3 is 2.76 bits per heavy atom. The SMILES string of the molecule is N=Cc1c(N)ncc2c1-c1cnc(NCc3cccc(C(F)(F)F)c3)nc1CC2. The molecule has 9 heteroatoms. The average Bonchev–Trinajstić information content (AvgIpc) is 2.71. The van der Waals surface area contributed by atoms with E-state index in [0.29, 0.717) is 29.9 Å². The maximum atomic E-state index is 12.9. The van der Waals surface area contributed by atoms with E-state index in [-0.39, 0.29) is 12.4 Å². The fourth-order valence-electron chi connectivity index (χ4n) is 3.43. The summed E-state index contributed by atoms with van der Waals surface area (Å²) in [6.45, 7) is 0.169. The van der Waals surface area contributed by atoms with E-state index >= 15 is 0 Å². The Morgan fingerprint density at radius 1 is 1.17 bits per heavy atom. The van der Waals surface area contributed by atoms with Gasteiger partial charge in [-0.2, -0.15) is 13.2 Å². The van der Waals surface area contributed by atoms with Gasteiger partial charge in [0.25, 0.3) is 0 Å². The van der Waals surface area contributed by atoms with Gasteiger partial charge in [0.1, 0.15) is 5.82 Å². The molecule has 1 aliphatic carbocycles. The number of rotatable bonds is 4. The van der Waals surface area contributed by atoms with Gasteiger partial charge in [0.2, 0.25) is 5.95 Å². The first-order valence-corrected chi connectivity index (χ1v) is 8.91. The number of alkyl halides is 3. The van der Waals surface area contributed by atoms with Crippen molar-refractivity contribution >= 4 is 18.0 Å². The van der Waals surface area contributed by atoms with Gasteiger partial charge in [0, 0.05) is 41.8 Å². The van der Waals surface area contributed by atoms with Gasteiger partial charge in [0.15, 0.2) is 0 Å². The lowest BCUT2D eigenvalue weighted by atomic mass is 9.87. The van der Waals surface area contributed by atoms with E-state index in [1.807, 2.05) is 0 Å². The summed E-state index contributed by atoms with van der Waals surface area (Å²) >= 11 is 0. The number of nitrogens with two attached hydrogens (primary N) is 1. The monoisotopic (exact) mass is 398 g/mol. The Bertz CT molecular complexity index is 1090. The van der Waals surface area contributed by atoms with Crippen LogP contribution in [0.15, 0.2) is 36.7 Å². The molecule has 6 nitrogen and oxygen atoms in total. The van der Waals surface area contributed by atoms with E-state index in [2.05, 4.69) is 20.3 Å². The largest absolute Gasteiger partial charge is 0.416 e. The van der Waals surface area contributed by atoms with Crippen molar-refractivity contribution in [2.75, 3.05) is 11.1 Å². The van der Waals surface area contributed by atoms with Gasteiger partial charge in [-0.15, -0.1) is 0 Å². The number of benzene rings is 1. The molecule has 1 aromatic carbocycles. The average molecular weight is 398 g/mol. The fraction of sp³-hybridized carbons (Fsp3) is 0.200. The summed E-state index contributed by atoms with van der Waals surface area (Å²) < 4.78 is 38.6. The van der Waals surface area contributed by atoms with E-state index in [1.165, 1.54) is 12.3 Å². The molecule has 3 aromatic rings. The molecule has 2 aromatic heterocycles. The smallest absolute Gasteiger partial charge is 0.383 e. The Labute approximate surface area is 164 Å². The van der Waals surface area contributed by atoms with Crippen LogP contribution in [-0.2, 0) is 25.6 Å². The van der Waals surface area contributed by atoms with Crippen LogP contribution >= 0.6 is 0 Å². The van der Waals surface area contributed by atoms with Crippen LogP contribution in [0.4, 0.5) is 24.9 Å². The summed E-state index contributed by atoms with van der Waals surface area (Å²) in [6, 6.07) is 5.14. The maximum absolute atomic E-state index is 12.9. The highest BCUT2D eigenvalue weighted by molar-refractivity contribution is 5.95. The molecule has 0 unspecified atom stereocenters. The molecule has 1 aliphatic rings. The first-order valence-electron chi connectivity index (χ1n) is 8.91. The van der Waals surface area contributed by atoms with Gasteiger partial charge < -0.3 is 16.5 Å². The summed E-state index contributed by atoms with van der Waals surface area (Å²) in [7, 11) is 0. The predicted molar refractivity (Wildman–Crippen MR) is 104 cm³/mol. The molecule has 0 radical (unpaired) electrons. The van der Waals surface area contributed by atoms with E-state index < -0.39 is 11.7 Å². The van der Waals surface area contributed by atoms with Gasteiger partial charge >= 0.3 is 6.18 Å². The molecule has 0 atom stereocenters. The zero-order valence-electron chi connectivity index (χ0n) is 15.2. The highest BCUT2D eigenvalue weighted by Gasteiger charge is 2.30. The number of nitrogens with one attached hydrogen (secondary N) is 2. The number of aryl methyl sites for hydroxylation is 2. The van der Waals surface area contributed by atoms with E-state index in [9.17, 15) is 13.2 Å². The molecule has 4 N–H and O–H groups in total. The summed E-state index contributed by atoms with van der Waals surface area (Å²) in [4.78, 5) is 13.0. The zero-order valence-corrected chi connectivity index (χ0v) is 15.2. The van der Waals surface area contributed by atoms with Crippen molar-refractivity contribution in [2.24, 2.45) is 0 Å². The molecular formula is C20H17F3N6. The highest BCUT2D eigenvalue weighted by Crippen LogP contribution is 2.36. The van der Waals surface area contributed by atoms with Crippen LogP contribution in [-0.4, -0.2) is 21.2 Å². The minimum atomic E-state index is -4.38. The zero-order chi connectivity index (χ0) is 20.6. The van der Waals surface area contributed by atoms with Crippen LogP contribution in [0.1, 0.15) is 27.9 Å². The van der Waals surface area contributed by atoms with Gasteiger partial charge in [-0.3, -0.25) is 0 Å². The lowest BCUT2D eigenvalue weighted by Gasteiger charge is -2.21. The molecule has 2 heterocycles. The van der Waals surface area contributed by atoms with Gasteiger partial charge in [-0.05, 0) is 36.1 Å². The number of hydrogen-bond donors (Lipinski definition) is 3. The first kappa shape index (κ1) is 18.9. The third-order valence-corrected chi connectivity index (χ3v) is 4.84. The van der Waals surface area contributed by atoms with Crippen molar-refractivity contribution < 1.29 is 13.2 Å². The second kappa shape index (κ2) is 7.16.